The van der Waals surface area contributed by atoms with Crippen molar-refractivity contribution in [1.82, 2.24) is 5.32 Å². The molecule has 0 saturated heterocycles. The Morgan fingerprint density at radius 2 is 2.18 bits per heavy atom. The topological polar surface area (TPSA) is 21.3 Å². The van der Waals surface area contributed by atoms with Gasteiger partial charge in [-0.2, -0.15) is 11.8 Å². The minimum atomic E-state index is 0.755. The molecule has 0 aromatic heterocycles. The quantitative estimate of drug-likeness (QED) is 0.732. The molecule has 0 fully saturated rings. The monoisotopic (exact) mass is 273 g/mol. The summed E-state index contributed by atoms with van der Waals surface area (Å²) in [6.45, 7) is 1.85. The molecule has 0 radical (unpaired) electrons. The van der Waals surface area contributed by atoms with Crippen molar-refractivity contribution >= 4 is 23.4 Å². The summed E-state index contributed by atoms with van der Waals surface area (Å²) in [6.07, 6.45) is 4.62. The molecular weight excluding hydrogens is 254 g/mol. The standard InChI is InChI=1S/C13H20ClNOS/c1-16-13-6-5-12(14)9-11(13)10-15-7-3-4-8-17-2/h5-6,9,15H,3-4,7-8,10H2,1-2H3. The first kappa shape index (κ1) is 14.7. The van der Waals surface area contributed by atoms with Gasteiger partial charge in [0.05, 0.1) is 7.11 Å². The summed E-state index contributed by atoms with van der Waals surface area (Å²) in [6, 6.07) is 5.71. The highest BCUT2D eigenvalue weighted by atomic mass is 35.5. The molecule has 17 heavy (non-hydrogen) atoms. The van der Waals surface area contributed by atoms with E-state index in [-0.39, 0.29) is 0 Å². The zero-order valence-electron chi connectivity index (χ0n) is 10.5. The molecule has 96 valence electrons. The fraction of sp³-hybridized carbons (Fsp3) is 0.538. The van der Waals surface area contributed by atoms with Crippen molar-refractivity contribution in [1.29, 1.82) is 0 Å². The van der Waals surface area contributed by atoms with Crippen LogP contribution < -0.4 is 10.1 Å². The van der Waals surface area contributed by atoms with Crippen LogP contribution in [0.15, 0.2) is 18.2 Å². The molecule has 0 spiro atoms. The van der Waals surface area contributed by atoms with Gasteiger partial charge in [-0.25, -0.2) is 0 Å². The van der Waals surface area contributed by atoms with Gasteiger partial charge in [0.1, 0.15) is 5.75 Å². The fourth-order valence-corrected chi connectivity index (χ4v) is 2.29. The maximum absolute atomic E-state index is 5.97. The number of rotatable bonds is 8. The molecule has 1 rings (SSSR count). The molecule has 0 aliphatic rings. The predicted octanol–water partition coefficient (Wildman–Crippen LogP) is 3.58. The van der Waals surface area contributed by atoms with Gasteiger partial charge in [-0.1, -0.05) is 11.6 Å². The summed E-state index contributed by atoms with van der Waals surface area (Å²) >= 11 is 7.87. The van der Waals surface area contributed by atoms with E-state index in [0.29, 0.717) is 0 Å². The van der Waals surface area contributed by atoms with Crippen molar-refractivity contribution in [3.8, 4) is 5.75 Å². The molecule has 0 aliphatic heterocycles. The number of methoxy groups -OCH3 is 1. The molecule has 1 aromatic rings. The van der Waals surface area contributed by atoms with E-state index in [1.54, 1.807) is 7.11 Å². The average Bonchev–Trinajstić information content (AvgIpc) is 2.34. The molecule has 0 atom stereocenters. The first-order chi connectivity index (χ1) is 8.27. The predicted molar refractivity (Wildman–Crippen MR) is 77.3 cm³/mol. The van der Waals surface area contributed by atoms with Crippen LogP contribution in [0, 0.1) is 0 Å². The minimum absolute atomic E-state index is 0.755. The van der Waals surface area contributed by atoms with Crippen LogP contribution in [-0.4, -0.2) is 25.7 Å². The van der Waals surface area contributed by atoms with E-state index in [2.05, 4.69) is 11.6 Å². The summed E-state index contributed by atoms with van der Waals surface area (Å²) < 4.78 is 5.29. The van der Waals surface area contributed by atoms with E-state index in [4.69, 9.17) is 16.3 Å². The highest BCUT2D eigenvalue weighted by Crippen LogP contribution is 2.22. The Labute approximate surface area is 113 Å². The van der Waals surface area contributed by atoms with Gasteiger partial charge in [-0.05, 0) is 49.6 Å². The second-order valence-electron chi connectivity index (χ2n) is 3.83. The molecule has 1 aromatic carbocycles. The van der Waals surface area contributed by atoms with E-state index in [0.717, 1.165) is 29.4 Å². The molecule has 0 saturated carbocycles. The van der Waals surface area contributed by atoms with Crippen molar-refractivity contribution in [2.75, 3.05) is 25.7 Å². The van der Waals surface area contributed by atoms with Crippen molar-refractivity contribution in [3.63, 3.8) is 0 Å². The summed E-state index contributed by atoms with van der Waals surface area (Å²) in [7, 11) is 1.69. The highest BCUT2D eigenvalue weighted by Gasteiger charge is 2.02. The zero-order chi connectivity index (χ0) is 12.5. The number of thioether (sulfide) groups is 1. The van der Waals surface area contributed by atoms with Gasteiger partial charge in [-0.15, -0.1) is 0 Å². The first-order valence-electron chi connectivity index (χ1n) is 5.80. The third kappa shape index (κ3) is 5.66. The third-order valence-electron chi connectivity index (χ3n) is 2.51. The van der Waals surface area contributed by atoms with Crippen LogP contribution in [0.1, 0.15) is 18.4 Å². The molecule has 1 N–H and O–H groups in total. The van der Waals surface area contributed by atoms with Gasteiger partial charge in [-0.3, -0.25) is 0 Å². The summed E-state index contributed by atoms with van der Waals surface area (Å²) in [5.74, 6) is 2.13. The number of halogens is 1. The third-order valence-corrected chi connectivity index (χ3v) is 3.44. The van der Waals surface area contributed by atoms with Crippen molar-refractivity contribution in [3.05, 3.63) is 28.8 Å². The lowest BCUT2D eigenvalue weighted by molar-refractivity contribution is 0.407. The lowest BCUT2D eigenvalue weighted by Crippen LogP contribution is -2.15. The molecule has 0 bridgehead atoms. The SMILES string of the molecule is COc1ccc(Cl)cc1CNCCCCSC. The number of hydrogen-bond donors (Lipinski definition) is 1. The van der Waals surface area contributed by atoms with Crippen LogP contribution in [0.2, 0.25) is 5.02 Å². The smallest absolute Gasteiger partial charge is 0.123 e. The number of benzene rings is 1. The average molecular weight is 274 g/mol. The van der Waals surface area contributed by atoms with Crippen LogP contribution in [0.5, 0.6) is 5.75 Å². The van der Waals surface area contributed by atoms with Gasteiger partial charge >= 0.3 is 0 Å². The van der Waals surface area contributed by atoms with E-state index >= 15 is 0 Å². The van der Waals surface area contributed by atoms with E-state index in [1.165, 1.54) is 18.6 Å². The largest absolute Gasteiger partial charge is 0.496 e. The number of hydrogen-bond acceptors (Lipinski definition) is 3. The number of unbranched alkanes of at least 4 members (excludes halogenated alkanes) is 1. The number of nitrogens with one attached hydrogen (secondary N) is 1. The molecular formula is C13H20ClNOS. The van der Waals surface area contributed by atoms with Crippen molar-refractivity contribution < 1.29 is 4.74 Å². The van der Waals surface area contributed by atoms with E-state index in [1.807, 2.05) is 30.0 Å². The lowest BCUT2D eigenvalue weighted by Gasteiger charge is -2.10. The Morgan fingerprint density at radius 1 is 1.35 bits per heavy atom. The molecule has 2 nitrogen and oxygen atoms in total. The lowest BCUT2D eigenvalue weighted by atomic mass is 10.2. The normalized spacial score (nSPS) is 10.5. The molecule has 0 unspecified atom stereocenters. The van der Waals surface area contributed by atoms with Gasteiger partial charge in [0.2, 0.25) is 0 Å². The molecule has 0 amide bonds. The Morgan fingerprint density at radius 3 is 2.88 bits per heavy atom. The fourth-order valence-electron chi connectivity index (χ4n) is 1.60. The maximum Gasteiger partial charge on any atom is 0.123 e. The number of ether oxygens (including phenoxy) is 1. The van der Waals surface area contributed by atoms with Crippen LogP contribution >= 0.6 is 23.4 Å². The Bertz CT molecular complexity index is 333. The van der Waals surface area contributed by atoms with E-state index < -0.39 is 0 Å². The van der Waals surface area contributed by atoms with Crippen molar-refractivity contribution in [2.24, 2.45) is 0 Å². The van der Waals surface area contributed by atoms with Crippen LogP contribution in [0.25, 0.3) is 0 Å². The Hall–Kier alpha value is -0.380. The summed E-state index contributed by atoms with van der Waals surface area (Å²) in [4.78, 5) is 0. The Kier molecular flexibility index (Phi) is 7.49. The zero-order valence-corrected chi connectivity index (χ0v) is 12.0. The van der Waals surface area contributed by atoms with Gasteiger partial charge in [0.15, 0.2) is 0 Å². The minimum Gasteiger partial charge on any atom is -0.496 e. The maximum atomic E-state index is 5.97. The van der Waals surface area contributed by atoms with Crippen LogP contribution in [-0.2, 0) is 6.54 Å². The summed E-state index contributed by atoms with van der Waals surface area (Å²) in [5, 5.41) is 4.17. The van der Waals surface area contributed by atoms with Crippen molar-refractivity contribution in [2.45, 2.75) is 19.4 Å². The van der Waals surface area contributed by atoms with Gasteiger partial charge in [0.25, 0.3) is 0 Å². The first-order valence-corrected chi connectivity index (χ1v) is 7.57. The highest BCUT2D eigenvalue weighted by molar-refractivity contribution is 7.98. The second kappa shape index (κ2) is 8.67. The molecule has 0 aliphatic carbocycles. The molecule has 4 heteroatoms. The van der Waals surface area contributed by atoms with Crippen LogP contribution in [0.4, 0.5) is 0 Å². The molecule has 0 heterocycles. The summed E-state index contributed by atoms with van der Waals surface area (Å²) in [5.41, 5.74) is 1.12. The van der Waals surface area contributed by atoms with Gasteiger partial charge in [0, 0.05) is 17.1 Å². The van der Waals surface area contributed by atoms with E-state index in [9.17, 15) is 0 Å². The Balaban J connectivity index is 2.32. The second-order valence-corrected chi connectivity index (χ2v) is 5.25. The van der Waals surface area contributed by atoms with Gasteiger partial charge < -0.3 is 10.1 Å². The van der Waals surface area contributed by atoms with Crippen LogP contribution in [0.3, 0.4) is 0 Å².